The van der Waals surface area contributed by atoms with Crippen LogP contribution >= 0.6 is 11.6 Å². The first-order chi connectivity index (χ1) is 12.0. The average Bonchev–Trinajstić information content (AvgIpc) is 2.81. The molecule has 3 amide bonds. The number of urea groups is 1. The van der Waals surface area contributed by atoms with E-state index in [1.807, 2.05) is 0 Å². The van der Waals surface area contributed by atoms with E-state index < -0.39 is 18.0 Å². The Kier molecular flexibility index (Phi) is 7.49. The Morgan fingerprint density at radius 2 is 1.92 bits per heavy atom. The minimum Gasteiger partial charge on any atom is -0.390 e. The second-order valence-electron chi connectivity index (χ2n) is 6.26. The Bertz CT molecular complexity index is 604. The molecule has 5 N–H and O–H groups in total. The Morgan fingerprint density at radius 1 is 1.24 bits per heavy atom. The molecule has 0 bridgehead atoms. The summed E-state index contributed by atoms with van der Waals surface area (Å²) in [5, 5.41) is 15.5. The number of β-amino-alcohol motifs (C(OH)–C–C–N with tert-alkyl or cyclic N) is 1. The lowest BCUT2D eigenvalue weighted by molar-refractivity contribution is 0.100. The molecule has 1 atom stereocenters. The van der Waals surface area contributed by atoms with Gasteiger partial charge < -0.3 is 26.4 Å². The number of nitrogens with zero attached hydrogens (tertiary/aromatic N) is 1. The molecule has 0 aromatic heterocycles. The van der Waals surface area contributed by atoms with Crippen molar-refractivity contribution in [3.63, 3.8) is 0 Å². The summed E-state index contributed by atoms with van der Waals surface area (Å²) in [6.45, 7) is 2.71. The third kappa shape index (κ3) is 6.53. The minimum atomic E-state index is -0.627. The van der Waals surface area contributed by atoms with Crippen molar-refractivity contribution in [1.82, 2.24) is 10.2 Å². The molecule has 0 aliphatic carbocycles. The second kappa shape index (κ2) is 9.60. The fourth-order valence-electron chi connectivity index (χ4n) is 2.86. The van der Waals surface area contributed by atoms with E-state index >= 15 is 0 Å². The number of likely N-dealkylation sites (tertiary alicyclic amines) is 1. The van der Waals surface area contributed by atoms with Gasteiger partial charge in [-0.25, -0.2) is 4.79 Å². The Morgan fingerprint density at radius 3 is 2.52 bits per heavy atom. The van der Waals surface area contributed by atoms with Gasteiger partial charge in [0.1, 0.15) is 0 Å². The van der Waals surface area contributed by atoms with Crippen LogP contribution in [-0.2, 0) is 0 Å². The lowest BCUT2D eigenvalue weighted by atomic mass is 10.2. The van der Waals surface area contributed by atoms with E-state index in [1.54, 1.807) is 6.07 Å². The molecule has 1 fully saturated rings. The highest BCUT2D eigenvalue weighted by molar-refractivity contribution is 6.34. The maximum atomic E-state index is 11.9. The number of carbonyl (C=O) groups excluding carboxylic acids is 2. The largest absolute Gasteiger partial charge is 0.390 e. The summed E-state index contributed by atoms with van der Waals surface area (Å²) in [7, 11) is 0. The summed E-state index contributed by atoms with van der Waals surface area (Å²) in [5.74, 6) is -0.627. The summed E-state index contributed by atoms with van der Waals surface area (Å²) in [6.07, 6.45) is 4.17. The average molecular weight is 369 g/mol. The predicted molar refractivity (Wildman–Crippen MR) is 97.9 cm³/mol. The van der Waals surface area contributed by atoms with Crippen LogP contribution in [0.4, 0.5) is 10.5 Å². The summed E-state index contributed by atoms with van der Waals surface area (Å²) >= 11 is 5.94. The van der Waals surface area contributed by atoms with Crippen LogP contribution in [0.5, 0.6) is 0 Å². The molecule has 1 aliphatic heterocycles. The molecular formula is C17H25ClN4O3. The quantitative estimate of drug-likeness (QED) is 0.614. The molecule has 1 aromatic carbocycles. The Labute approximate surface area is 152 Å². The molecule has 2 rings (SSSR count). The molecule has 1 heterocycles. The number of benzene rings is 1. The molecule has 1 unspecified atom stereocenters. The maximum absolute atomic E-state index is 11.9. The first-order valence-electron chi connectivity index (χ1n) is 8.50. The SMILES string of the molecule is NC(=O)c1ccc(NC(=O)NCC(O)CN2CCCCCC2)cc1Cl. The van der Waals surface area contributed by atoms with Gasteiger partial charge in [0, 0.05) is 18.8 Å². The van der Waals surface area contributed by atoms with Crippen LogP contribution in [0.1, 0.15) is 36.0 Å². The molecule has 0 saturated carbocycles. The number of rotatable bonds is 6. The van der Waals surface area contributed by atoms with Gasteiger partial charge in [0.25, 0.3) is 0 Å². The number of aliphatic hydroxyl groups is 1. The van der Waals surface area contributed by atoms with Gasteiger partial charge in [-0.1, -0.05) is 24.4 Å². The third-order valence-electron chi connectivity index (χ3n) is 4.16. The van der Waals surface area contributed by atoms with E-state index in [2.05, 4.69) is 15.5 Å². The molecule has 0 radical (unpaired) electrons. The minimum absolute atomic E-state index is 0.162. The van der Waals surface area contributed by atoms with Crippen molar-refractivity contribution in [1.29, 1.82) is 0 Å². The van der Waals surface area contributed by atoms with E-state index in [4.69, 9.17) is 17.3 Å². The van der Waals surface area contributed by atoms with Gasteiger partial charge >= 0.3 is 6.03 Å². The molecular weight excluding hydrogens is 344 g/mol. The number of aliphatic hydroxyl groups excluding tert-OH is 1. The number of amides is 3. The highest BCUT2D eigenvalue weighted by Gasteiger charge is 2.15. The maximum Gasteiger partial charge on any atom is 0.319 e. The molecule has 138 valence electrons. The van der Waals surface area contributed by atoms with Gasteiger partial charge in [0.2, 0.25) is 5.91 Å². The van der Waals surface area contributed by atoms with Crippen molar-refractivity contribution in [2.75, 3.05) is 31.5 Å². The summed E-state index contributed by atoms with van der Waals surface area (Å²) in [5.41, 5.74) is 5.81. The van der Waals surface area contributed by atoms with Gasteiger partial charge in [-0.05, 0) is 44.1 Å². The van der Waals surface area contributed by atoms with Crippen molar-refractivity contribution < 1.29 is 14.7 Å². The zero-order valence-electron chi connectivity index (χ0n) is 14.1. The van der Waals surface area contributed by atoms with Crippen LogP contribution in [0, 0.1) is 0 Å². The summed E-state index contributed by atoms with van der Waals surface area (Å²) in [6, 6.07) is 4.00. The predicted octanol–water partition coefficient (Wildman–Crippen LogP) is 1.80. The lowest BCUT2D eigenvalue weighted by Gasteiger charge is -2.23. The third-order valence-corrected chi connectivity index (χ3v) is 4.47. The zero-order chi connectivity index (χ0) is 18.2. The number of nitrogens with two attached hydrogens (primary N) is 1. The van der Waals surface area contributed by atoms with E-state index in [-0.39, 0.29) is 17.1 Å². The topological polar surface area (TPSA) is 108 Å². The fourth-order valence-corrected chi connectivity index (χ4v) is 3.13. The molecule has 8 heteroatoms. The van der Waals surface area contributed by atoms with E-state index in [9.17, 15) is 14.7 Å². The van der Waals surface area contributed by atoms with Crippen LogP contribution < -0.4 is 16.4 Å². The Hall–Kier alpha value is -1.83. The van der Waals surface area contributed by atoms with Gasteiger partial charge in [0.15, 0.2) is 0 Å². The van der Waals surface area contributed by atoms with Crippen molar-refractivity contribution in [2.24, 2.45) is 5.73 Å². The summed E-state index contributed by atoms with van der Waals surface area (Å²) in [4.78, 5) is 25.3. The molecule has 7 nitrogen and oxygen atoms in total. The van der Waals surface area contributed by atoms with Crippen molar-refractivity contribution in [3.05, 3.63) is 28.8 Å². The number of hydrogen-bond donors (Lipinski definition) is 4. The van der Waals surface area contributed by atoms with Crippen LogP contribution in [-0.4, -0.2) is 54.2 Å². The number of hydrogen-bond acceptors (Lipinski definition) is 4. The van der Waals surface area contributed by atoms with Crippen LogP contribution in [0.2, 0.25) is 5.02 Å². The fraction of sp³-hybridized carbons (Fsp3) is 0.529. The molecule has 25 heavy (non-hydrogen) atoms. The number of halogens is 1. The van der Waals surface area contributed by atoms with Crippen LogP contribution in [0.3, 0.4) is 0 Å². The zero-order valence-corrected chi connectivity index (χ0v) is 14.9. The number of nitrogens with one attached hydrogen (secondary N) is 2. The highest BCUT2D eigenvalue weighted by Crippen LogP contribution is 2.20. The molecule has 0 spiro atoms. The monoisotopic (exact) mass is 368 g/mol. The lowest BCUT2D eigenvalue weighted by Crippen LogP contribution is -2.41. The molecule has 1 saturated heterocycles. The highest BCUT2D eigenvalue weighted by atomic mass is 35.5. The number of anilines is 1. The first-order valence-corrected chi connectivity index (χ1v) is 8.88. The first kappa shape index (κ1) is 19.5. The van der Waals surface area contributed by atoms with Gasteiger partial charge in [-0.2, -0.15) is 0 Å². The van der Waals surface area contributed by atoms with Crippen molar-refractivity contribution in [3.8, 4) is 0 Å². The van der Waals surface area contributed by atoms with E-state index in [0.717, 1.165) is 25.9 Å². The van der Waals surface area contributed by atoms with Gasteiger partial charge in [-0.15, -0.1) is 0 Å². The molecule has 1 aliphatic rings. The van der Waals surface area contributed by atoms with Gasteiger partial charge in [-0.3, -0.25) is 4.79 Å². The van der Waals surface area contributed by atoms with E-state index in [0.29, 0.717) is 12.2 Å². The van der Waals surface area contributed by atoms with E-state index in [1.165, 1.54) is 25.0 Å². The summed E-state index contributed by atoms with van der Waals surface area (Å²) < 4.78 is 0. The Balaban J connectivity index is 1.76. The normalized spacial score (nSPS) is 16.7. The smallest absolute Gasteiger partial charge is 0.319 e. The second-order valence-corrected chi connectivity index (χ2v) is 6.67. The van der Waals surface area contributed by atoms with Crippen LogP contribution in [0.15, 0.2) is 18.2 Å². The van der Waals surface area contributed by atoms with Gasteiger partial charge in [0.05, 0.1) is 16.7 Å². The number of primary amides is 1. The number of carbonyl (C=O) groups is 2. The standard InChI is InChI=1S/C17H25ClN4O3/c18-15-9-12(5-6-14(15)16(19)24)21-17(25)20-10-13(23)11-22-7-3-1-2-4-8-22/h5-6,9,13,23H,1-4,7-8,10-11H2,(H2,19,24)(H2,20,21,25). The van der Waals surface area contributed by atoms with Crippen LogP contribution in [0.25, 0.3) is 0 Å². The van der Waals surface area contributed by atoms with Crippen molar-refractivity contribution in [2.45, 2.75) is 31.8 Å². The van der Waals surface area contributed by atoms with Crippen molar-refractivity contribution >= 4 is 29.2 Å². The molecule has 1 aromatic rings.